The molecule has 0 spiro atoms. The summed E-state index contributed by atoms with van der Waals surface area (Å²) in [6.45, 7) is 0.970. The molecule has 2 aliphatic rings. The highest BCUT2D eigenvalue weighted by molar-refractivity contribution is 4.92. The molecule has 0 aromatic heterocycles. The van der Waals surface area contributed by atoms with Crippen LogP contribution < -0.4 is 0 Å². The van der Waals surface area contributed by atoms with Gasteiger partial charge in [-0.1, -0.05) is 6.92 Å². The topological polar surface area (TPSA) is 149 Å². The highest BCUT2D eigenvalue weighted by Crippen LogP contribution is 2.29. The van der Waals surface area contributed by atoms with Crippen molar-refractivity contribution >= 4 is 0 Å². The number of hydrogen-bond acceptors (Lipinski definition) is 9. The van der Waals surface area contributed by atoms with Crippen LogP contribution in [0.1, 0.15) is 13.3 Å². The minimum atomic E-state index is -2.14. The van der Waals surface area contributed by atoms with Gasteiger partial charge in [0.05, 0.1) is 12.7 Å². The number of halogens is 1. The summed E-state index contributed by atoms with van der Waals surface area (Å²) in [6.07, 6.45) is -15.3. The van der Waals surface area contributed by atoms with Gasteiger partial charge in [0.2, 0.25) is 0 Å². The zero-order valence-electron chi connectivity index (χ0n) is 12.5. The smallest absolute Gasteiger partial charge is 0.190 e. The van der Waals surface area contributed by atoms with Crippen molar-refractivity contribution in [3.63, 3.8) is 0 Å². The molecule has 23 heavy (non-hydrogen) atoms. The van der Waals surface area contributed by atoms with Crippen molar-refractivity contribution in [1.82, 2.24) is 0 Å². The Morgan fingerprint density at radius 2 is 1.39 bits per heavy atom. The van der Waals surface area contributed by atoms with Crippen LogP contribution in [0.3, 0.4) is 0 Å². The summed E-state index contributed by atoms with van der Waals surface area (Å²) in [5.41, 5.74) is 0. The number of rotatable bonds is 4. The Hall–Kier alpha value is -0.430. The molecule has 136 valence electrons. The van der Waals surface area contributed by atoms with Crippen molar-refractivity contribution in [3.05, 3.63) is 0 Å². The van der Waals surface area contributed by atoms with Crippen molar-refractivity contribution in [2.75, 3.05) is 6.61 Å². The first kappa shape index (κ1) is 18.9. The molecule has 0 aromatic rings. The molecule has 0 aliphatic carbocycles. The van der Waals surface area contributed by atoms with Gasteiger partial charge < -0.3 is 44.8 Å². The van der Waals surface area contributed by atoms with Gasteiger partial charge in [-0.05, 0) is 6.42 Å². The summed E-state index contributed by atoms with van der Waals surface area (Å²) >= 11 is 0. The van der Waals surface area contributed by atoms with Crippen LogP contribution >= 0.6 is 0 Å². The lowest BCUT2D eigenvalue weighted by molar-refractivity contribution is -0.371. The first-order valence-electron chi connectivity index (χ1n) is 7.43. The molecule has 6 N–H and O–H groups in total. The van der Waals surface area contributed by atoms with E-state index in [1.165, 1.54) is 0 Å². The maximum Gasteiger partial charge on any atom is 0.190 e. The van der Waals surface area contributed by atoms with Gasteiger partial charge in [-0.15, -0.1) is 0 Å². The zero-order chi connectivity index (χ0) is 17.3. The van der Waals surface area contributed by atoms with Gasteiger partial charge in [0.15, 0.2) is 18.8 Å². The Kier molecular flexibility index (Phi) is 6.28. The molecule has 10 atom stereocenters. The predicted octanol–water partition coefficient (Wildman–Crippen LogP) is -3.00. The van der Waals surface area contributed by atoms with Crippen molar-refractivity contribution in [3.8, 4) is 0 Å². The SMILES string of the molecule is CCC1O[C@H](O[C@H]2OC(CO)[C@@H](O)[C@H](F)C2O)[C@H](O)C(O)[C@@H]1O. The molecule has 2 rings (SSSR count). The second-order valence-electron chi connectivity index (χ2n) is 5.71. The fraction of sp³-hybridized carbons (Fsp3) is 1.00. The van der Waals surface area contributed by atoms with Crippen LogP contribution in [0.5, 0.6) is 0 Å². The Morgan fingerprint density at radius 1 is 0.826 bits per heavy atom. The van der Waals surface area contributed by atoms with Crippen LogP contribution in [0.2, 0.25) is 0 Å². The highest BCUT2D eigenvalue weighted by atomic mass is 19.1. The fourth-order valence-electron chi connectivity index (χ4n) is 2.65. The Balaban J connectivity index is 2.07. The highest BCUT2D eigenvalue weighted by Gasteiger charge is 2.49. The fourth-order valence-corrected chi connectivity index (χ4v) is 2.65. The van der Waals surface area contributed by atoms with Gasteiger partial charge in [0.25, 0.3) is 0 Å². The molecule has 2 saturated heterocycles. The molecule has 0 aromatic carbocycles. The van der Waals surface area contributed by atoms with E-state index in [1.807, 2.05) is 0 Å². The zero-order valence-corrected chi connectivity index (χ0v) is 12.5. The monoisotopic (exact) mass is 342 g/mol. The first-order valence-corrected chi connectivity index (χ1v) is 7.43. The van der Waals surface area contributed by atoms with Crippen LogP contribution in [-0.2, 0) is 14.2 Å². The van der Waals surface area contributed by atoms with E-state index < -0.39 is 68.1 Å². The lowest BCUT2D eigenvalue weighted by atomic mass is 9.97. The van der Waals surface area contributed by atoms with E-state index in [9.17, 15) is 29.9 Å². The van der Waals surface area contributed by atoms with Gasteiger partial charge >= 0.3 is 0 Å². The van der Waals surface area contributed by atoms with E-state index in [-0.39, 0.29) is 0 Å². The van der Waals surface area contributed by atoms with Crippen LogP contribution in [0.4, 0.5) is 4.39 Å². The first-order chi connectivity index (χ1) is 10.8. The average molecular weight is 342 g/mol. The normalized spacial score (nSPS) is 51.7. The van der Waals surface area contributed by atoms with Gasteiger partial charge in [-0.3, -0.25) is 0 Å². The van der Waals surface area contributed by atoms with Crippen molar-refractivity contribution in [1.29, 1.82) is 0 Å². The van der Waals surface area contributed by atoms with Crippen molar-refractivity contribution in [2.45, 2.75) is 74.8 Å². The molecule has 0 radical (unpaired) electrons. The summed E-state index contributed by atoms with van der Waals surface area (Å²) in [7, 11) is 0. The molecule has 10 heteroatoms. The van der Waals surface area contributed by atoms with Gasteiger partial charge in [-0.2, -0.15) is 0 Å². The maximum atomic E-state index is 13.8. The molecular formula is C13H23FO9. The van der Waals surface area contributed by atoms with Crippen molar-refractivity contribution in [2.24, 2.45) is 0 Å². The predicted molar refractivity (Wildman–Crippen MR) is 70.7 cm³/mol. The Morgan fingerprint density at radius 3 is 1.96 bits per heavy atom. The second kappa shape index (κ2) is 7.64. The summed E-state index contributed by atoms with van der Waals surface area (Å²) in [4.78, 5) is 0. The number of hydrogen-bond donors (Lipinski definition) is 6. The minimum Gasteiger partial charge on any atom is -0.394 e. The largest absolute Gasteiger partial charge is 0.394 e. The Bertz CT molecular complexity index is 348. The Labute approximate surface area is 131 Å². The molecule has 0 amide bonds. The summed E-state index contributed by atoms with van der Waals surface area (Å²) in [5, 5.41) is 57.8. The van der Waals surface area contributed by atoms with Gasteiger partial charge in [0, 0.05) is 0 Å². The quantitative estimate of drug-likeness (QED) is 0.314. The van der Waals surface area contributed by atoms with E-state index in [2.05, 4.69) is 0 Å². The lowest BCUT2D eigenvalue weighted by Gasteiger charge is -2.44. The maximum absolute atomic E-state index is 13.8. The molecule has 9 nitrogen and oxygen atoms in total. The summed E-state index contributed by atoms with van der Waals surface area (Å²) in [5.74, 6) is 0. The summed E-state index contributed by atoms with van der Waals surface area (Å²) < 4.78 is 29.4. The molecule has 0 saturated carbocycles. The van der Waals surface area contributed by atoms with E-state index in [4.69, 9.17) is 19.3 Å². The van der Waals surface area contributed by atoms with E-state index in [0.29, 0.717) is 6.42 Å². The molecule has 0 bridgehead atoms. The third-order valence-corrected chi connectivity index (χ3v) is 4.14. The number of ether oxygens (including phenoxy) is 3. The summed E-state index contributed by atoms with van der Waals surface area (Å²) in [6, 6.07) is 0. The molecule has 4 unspecified atom stereocenters. The minimum absolute atomic E-state index is 0.308. The third-order valence-electron chi connectivity index (χ3n) is 4.14. The lowest BCUT2D eigenvalue weighted by Crippen LogP contribution is -2.62. The van der Waals surface area contributed by atoms with Crippen molar-refractivity contribution < 1.29 is 49.2 Å². The van der Waals surface area contributed by atoms with E-state index >= 15 is 0 Å². The molecule has 2 heterocycles. The third kappa shape index (κ3) is 3.65. The van der Waals surface area contributed by atoms with Crippen LogP contribution in [-0.4, -0.2) is 98.7 Å². The van der Waals surface area contributed by atoms with E-state index in [1.54, 1.807) is 6.92 Å². The molecule has 2 fully saturated rings. The van der Waals surface area contributed by atoms with Crippen LogP contribution in [0, 0.1) is 0 Å². The standard InChI is InChI=1S/C13H23FO9/c1-2-4-8(17)10(19)11(20)13(21-4)23-12-9(18)6(14)7(16)5(3-15)22-12/h4-13,15-20H,2-3H2,1H3/t4?,5?,6-,7+,8+,9?,10?,11+,12+,13+/m0/s1. The molecular weight excluding hydrogens is 319 g/mol. The molecule has 2 aliphatic heterocycles. The van der Waals surface area contributed by atoms with Gasteiger partial charge in [-0.25, -0.2) is 4.39 Å². The average Bonchev–Trinajstić information content (AvgIpc) is 2.55. The number of aliphatic hydroxyl groups is 6. The van der Waals surface area contributed by atoms with E-state index in [0.717, 1.165) is 0 Å². The number of aliphatic hydroxyl groups excluding tert-OH is 6. The van der Waals surface area contributed by atoms with Crippen LogP contribution in [0.15, 0.2) is 0 Å². The second-order valence-corrected chi connectivity index (χ2v) is 5.71. The number of alkyl halides is 1. The van der Waals surface area contributed by atoms with Crippen LogP contribution in [0.25, 0.3) is 0 Å². The van der Waals surface area contributed by atoms with Gasteiger partial charge in [0.1, 0.15) is 36.6 Å².